The molecular weight excluding hydrogens is 286 g/mol. The fraction of sp³-hybridized carbons (Fsp3) is 0.455. The third-order valence-electron chi connectivity index (χ3n) is 3.09. The topological polar surface area (TPSA) is 123 Å². The van der Waals surface area contributed by atoms with Gasteiger partial charge in [0.05, 0.1) is 12.6 Å². The van der Waals surface area contributed by atoms with Crippen LogP contribution in [0.25, 0.3) is 0 Å². The smallest absolute Gasteiger partial charge is 0.271 e. The Hall–Kier alpha value is -1.71. The molecule has 1 unspecified atom stereocenters. The molecule has 0 saturated carbocycles. The maximum atomic E-state index is 11.8. The lowest BCUT2D eigenvalue weighted by molar-refractivity contribution is -0.148. The predicted molar refractivity (Wildman–Crippen MR) is 67.7 cm³/mol. The van der Waals surface area contributed by atoms with Crippen LogP contribution in [0.5, 0.6) is 0 Å². The van der Waals surface area contributed by atoms with E-state index in [9.17, 15) is 18.0 Å². The Morgan fingerprint density at radius 3 is 2.75 bits per heavy atom. The van der Waals surface area contributed by atoms with Crippen LogP contribution in [0.15, 0.2) is 21.6 Å². The van der Waals surface area contributed by atoms with Gasteiger partial charge in [-0.05, 0) is 18.6 Å². The van der Waals surface area contributed by atoms with Gasteiger partial charge >= 0.3 is 0 Å². The minimum absolute atomic E-state index is 0.175. The number of carbonyl (C=O) groups is 2. The largest absolute Gasteiger partial charge is 0.447 e. The SMILES string of the molecule is CN1C(=O)CCC(NCc2ccc(S(N)(=O)=O)o2)C1=O. The molecule has 9 heteroatoms. The molecule has 1 aromatic heterocycles. The zero-order valence-electron chi connectivity index (χ0n) is 10.8. The summed E-state index contributed by atoms with van der Waals surface area (Å²) in [5.41, 5.74) is 0. The van der Waals surface area contributed by atoms with Crippen LogP contribution in [-0.4, -0.2) is 38.2 Å². The number of imide groups is 1. The van der Waals surface area contributed by atoms with Crippen LogP contribution in [0.1, 0.15) is 18.6 Å². The van der Waals surface area contributed by atoms with Crippen molar-refractivity contribution in [3.05, 3.63) is 17.9 Å². The number of hydrogen-bond donors (Lipinski definition) is 2. The predicted octanol–water partition coefficient (Wildman–Crippen LogP) is -0.836. The van der Waals surface area contributed by atoms with Crippen LogP contribution in [0.3, 0.4) is 0 Å². The number of piperidine rings is 1. The Kier molecular flexibility index (Phi) is 3.93. The van der Waals surface area contributed by atoms with Gasteiger partial charge in [0.1, 0.15) is 5.76 Å². The molecule has 0 aliphatic carbocycles. The summed E-state index contributed by atoms with van der Waals surface area (Å²) < 4.78 is 27.2. The Bertz CT molecular complexity index is 636. The summed E-state index contributed by atoms with van der Waals surface area (Å²) in [5, 5.41) is 7.53. The van der Waals surface area contributed by atoms with Gasteiger partial charge in [0.15, 0.2) is 0 Å². The lowest BCUT2D eigenvalue weighted by atomic mass is 10.0. The summed E-state index contributed by atoms with van der Waals surface area (Å²) in [6, 6.07) is 2.24. The first-order chi connectivity index (χ1) is 9.29. The molecule has 1 aromatic rings. The van der Waals surface area contributed by atoms with E-state index in [0.29, 0.717) is 18.6 Å². The third kappa shape index (κ3) is 3.06. The van der Waals surface area contributed by atoms with Crippen LogP contribution in [0, 0.1) is 0 Å². The number of rotatable bonds is 4. The van der Waals surface area contributed by atoms with Crippen molar-refractivity contribution in [3.63, 3.8) is 0 Å². The maximum Gasteiger partial charge on any atom is 0.271 e. The molecule has 3 N–H and O–H groups in total. The van der Waals surface area contributed by atoms with E-state index in [0.717, 1.165) is 4.90 Å². The molecular formula is C11H15N3O5S. The Morgan fingerprint density at radius 2 is 2.15 bits per heavy atom. The van der Waals surface area contributed by atoms with Crippen LogP contribution in [0.2, 0.25) is 0 Å². The van der Waals surface area contributed by atoms with Crippen LogP contribution >= 0.6 is 0 Å². The summed E-state index contributed by atoms with van der Waals surface area (Å²) >= 11 is 0. The summed E-state index contributed by atoms with van der Waals surface area (Å²) in [6.07, 6.45) is 0.700. The molecule has 0 radical (unpaired) electrons. The Morgan fingerprint density at radius 1 is 1.45 bits per heavy atom. The third-order valence-corrected chi connectivity index (χ3v) is 3.87. The number of nitrogens with one attached hydrogen (secondary N) is 1. The standard InChI is InChI=1S/C11H15N3O5S/c1-14-9(15)4-3-8(11(14)16)13-6-7-2-5-10(19-7)20(12,17)18/h2,5,8,13H,3-4,6H2,1H3,(H2,12,17,18). The van der Waals surface area contributed by atoms with Gasteiger partial charge in [0.2, 0.25) is 16.9 Å². The lowest BCUT2D eigenvalue weighted by Gasteiger charge is -2.28. The quantitative estimate of drug-likeness (QED) is 0.699. The van der Waals surface area contributed by atoms with Gasteiger partial charge in [0, 0.05) is 13.5 Å². The number of primary sulfonamides is 1. The van der Waals surface area contributed by atoms with Crippen LogP contribution in [0.4, 0.5) is 0 Å². The van der Waals surface area contributed by atoms with Gasteiger partial charge in [-0.3, -0.25) is 19.8 Å². The molecule has 1 aliphatic rings. The van der Waals surface area contributed by atoms with E-state index in [1.165, 1.54) is 19.2 Å². The lowest BCUT2D eigenvalue weighted by Crippen LogP contribution is -2.51. The molecule has 1 aliphatic heterocycles. The van der Waals surface area contributed by atoms with E-state index in [-0.39, 0.29) is 23.5 Å². The highest BCUT2D eigenvalue weighted by atomic mass is 32.2. The molecule has 1 saturated heterocycles. The van der Waals surface area contributed by atoms with E-state index in [4.69, 9.17) is 9.56 Å². The molecule has 8 nitrogen and oxygen atoms in total. The fourth-order valence-electron chi connectivity index (χ4n) is 1.93. The number of sulfonamides is 1. The van der Waals surface area contributed by atoms with Gasteiger partial charge in [0.25, 0.3) is 10.0 Å². The molecule has 0 bridgehead atoms. The number of nitrogens with zero attached hydrogens (tertiary/aromatic N) is 1. The van der Waals surface area contributed by atoms with E-state index in [1.54, 1.807) is 0 Å². The van der Waals surface area contributed by atoms with Gasteiger partial charge in [-0.15, -0.1) is 0 Å². The zero-order chi connectivity index (χ0) is 14.9. The average Bonchev–Trinajstić information content (AvgIpc) is 2.84. The van der Waals surface area contributed by atoms with Gasteiger partial charge in [-0.1, -0.05) is 0 Å². The second-order valence-electron chi connectivity index (χ2n) is 4.53. The zero-order valence-corrected chi connectivity index (χ0v) is 11.6. The molecule has 2 rings (SSSR count). The molecule has 20 heavy (non-hydrogen) atoms. The van der Waals surface area contributed by atoms with Crippen LogP contribution < -0.4 is 10.5 Å². The minimum atomic E-state index is -3.87. The number of likely N-dealkylation sites (N-methyl/N-ethyl adjacent to an activating group) is 1. The van der Waals surface area contributed by atoms with Crippen molar-refractivity contribution in [2.24, 2.45) is 5.14 Å². The number of nitrogens with two attached hydrogens (primary N) is 1. The second-order valence-corrected chi connectivity index (χ2v) is 6.02. The first-order valence-corrected chi connectivity index (χ1v) is 7.49. The number of likely N-dealkylation sites (tertiary alicyclic amines) is 1. The van der Waals surface area contributed by atoms with Gasteiger partial charge in [-0.2, -0.15) is 0 Å². The summed E-state index contributed by atoms with van der Waals surface area (Å²) in [5.74, 6) is -0.164. The van der Waals surface area contributed by atoms with E-state index in [2.05, 4.69) is 5.32 Å². The van der Waals surface area contributed by atoms with Crippen molar-refractivity contribution < 1.29 is 22.4 Å². The number of furan rings is 1. The highest BCUT2D eigenvalue weighted by Gasteiger charge is 2.31. The Labute approximate surface area is 116 Å². The van der Waals surface area contributed by atoms with Crippen molar-refractivity contribution in [1.29, 1.82) is 0 Å². The number of hydrogen-bond acceptors (Lipinski definition) is 6. The molecule has 2 heterocycles. The van der Waals surface area contributed by atoms with Gasteiger partial charge < -0.3 is 4.42 Å². The molecule has 2 amide bonds. The van der Waals surface area contributed by atoms with Crippen molar-refractivity contribution in [2.45, 2.75) is 30.5 Å². The summed E-state index contributed by atoms with van der Waals surface area (Å²) in [7, 11) is -2.43. The fourth-order valence-corrected chi connectivity index (χ4v) is 2.42. The van der Waals surface area contributed by atoms with Crippen molar-refractivity contribution in [3.8, 4) is 0 Å². The average molecular weight is 301 g/mol. The molecule has 1 fully saturated rings. The first kappa shape index (κ1) is 14.7. The minimum Gasteiger partial charge on any atom is -0.447 e. The molecule has 0 spiro atoms. The second kappa shape index (κ2) is 5.35. The molecule has 0 aromatic carbocycles. The van der Waals surface area contributed by atoms with Crippen LogP contribution in [-0.2, 0) is 26.2 Å². The maximum absolute atomic E-state index is 11.8. The molecule has 110 valence electrons. The number of carbonyl (C=O) groups excluding carboxylic acids is 2. The van der Waals surface area contributed by atoms with Gasteiger partial charge in [-0.25, -0.2) is 13.6 Å². The summed E-state index contributed by atoms with van der Waals surface area (Å²) in [4.78, 5) is 24.2. The molecule has 1 atom stereocenters. The van der Waals surface area contributed by atoms with E-state index in [1.807, 2.05) is 0 Å². The Balaban J connectivity index is 1.97. The monoisotopic (exact) mass is 301 g/mol. The van der Waals surface area contributed by atoms with Crippen molar-refractivity contribution in [2.75, 3.05) is 7.05 Å². The summed E-state index contributed by atoms with van der Waals surface area (Å²) in [6.45, 7) is 0.175. The van der Waals surface area contributed by atoms with E-state index >= 15 is 0 Å². The highest BCUT2D eigenvalue weighted by Crippen LogP contribution is 2.15. The normalized spacial score (nSPS) is 20.5. The van der Waals surface area contributed by atoms with E-state index < -0.39 is 16.1 Å². The first-order valence-electron chi connectivity index (χ1n) is 5.94. The number of amides is 2. The van der Waals surface area contributed by atoms with Crippen molar-refractivity contribution in [1.82, 2.24) is 10.2 Å². The van der Waals surface area contributed by atoms with Crippen molar-refractivity contribution >= 4 is 21.8 Å². The highest BCUT2D eigenvalue weighted by molar-refractivity contribution is 7.89.